The second-order valence-corrected chi connectivity index (χ2v) is 5.99. The summed E-state index contributed by atoms with van der Waals surface area (Å²) in [7, 11) is -4.02. The molecule has 0 amide bonds. The summed E-state index contributed by atoms with van der Waals surface area (Å²) in [6.07, 6.45) is 1.03. The molecule has 7 heteroatoms. The molecule has 0 radical (unpaired) electrons. The van der Waals surface area contributed by atoms with E-state index >= 15 is 0 Å². The van der Waals surface area contributed by atoms with Crippen LogP contribution in [0.15, 0.2) is 23.1 Å². The van der Waals surface area contributed by atoms with Gasteiger partial charge >= 0.3 is 0 Å². The zero-order chi connectivity index (χ0) is 14.0. The van der Waals surface area contributed by atoms with Crippen LogP contribution in [-0.2, 0) is 10.0 Å². The number of hydrogen-bond acceptors (Lipinski definition) is 4. The average molecular weight is 279 g/mol. The van der Waals surface area contributed by atoms with Crippen LogP contribution in [-0.4, -0.2) is 25.3 Å². The van der Waals surface area contributed by atoms with Crippen molar-refractivity contribution < 1.29 is 12.8 Å². The molecule has 19 heavy (non-hydrogen) atoms. The summed E-state index contributed by atoms with van der Waals surface area (Å²) in [4.78, 5) is -0.378. The van der Waals surface area contributed by atoms with Crippen molar-refractivity contribution in [3.8, 4) is 12.1 Å². The Hall–Kier alpha value is -1.96. The number of rotatable bonds is 2. The molecule has 0 aromatic heterocycles. The lowest BCUT2D eigenvalue weighted by molar-refractivity contribution is 0.436. The summed E-state index contributed by atoms with van der Waals surface area (Å²) >= 11 is 0. The van der Waals surface area contributed by atoms with E-state index < -0.39 is 27.4 Å². The number of benzene rings is 1. The molecule has 98 valence electrons. The van der Waals surface area contributed by atoms with Crippen LogP contribution < -0.4 is 0 Å². The Balaban J connectivity index is 2.56. The minimum Gasteiger partial charge on any atom is -0.207 e. The molecule has 0 aliphatic carbocycles. The molecule has 1 atom stereocenters. The lowest BCUT2D eigenvalue weighted by atomic mass is 10.2. The lowest BCUT2D eigenvalue weighted by Crippen LogP contribution is -2.35. The third-order valence-corrected chi connectivity index (χ3v) is 4.98. The molecule has 1 aromatic carbocycles. The number of nitrogens with zero attached hydrogens (tertiary/aromatic N) is 3. The fourth-order valence-electron chi connectivity index (χ4n) is 2.11. The third kappa shape index (κ3) is 2.19. The Kier molecular flexibility index (Phi) is 3.52. The fraction of sp³-hybridized carbons (Fsp3) is 0.333. The average Bonchev–Trinajstić information content (AvgIpc) is 2.87. The van der Waals surface area contributed by atoms with Gasteiger partial charge in [-0.2, -0.15) is 14.8 Å². The van der Waals surface area contributed by atoms with Crippen LogP contribution >= 0.6 is 0 Å². The molecule has 1 heterocycles. The first-order chi connectivity index (χ1) is 9.02. The van der Waals surface area contributed by atoms with Gasteiger partial charge < -0.3 is 0 Å². The Labute approximate surface area is 110 Å². The monoisotopic (exact) mass is 279 g/mol. The largest absolute Gasteiger partial charge is 0.245 e. The van der Waals surface area contributed by atoms with E-state index in [4.69, 9.17) is 10.5 Å². The van der Waals surface area contributed by atoms with Crippen molar-refractivity contribution in [3.63, 3.8) is 0 Å². The molecule has 2 rings (SSSR count). The Morgan fingerprint density at radius 3 is 2.74 bits per heavy atom. The van der Waals surface area contributed by atoms with Gasteiger partial charge in [0.15, 0.2) is 0 Å². The van der Waals surface area contributed by atoms with Gasteiger partial charge in [-0.15, -0.1) is 0 Å². The smallest absolute Gasteiger partial charge is 0.207 e. The zero-order valence-electron chi connectivity index (χ0n) is 9.88. The van der Waals surface area contributed by atoms with Gasteiger partial charge in [-0.3, -0.25) is 0 Å². The Morgan fingerprint density at radius 2 is 2.11 bits per heavy atom. The van der Waals surface area contributed by atoms with E-state index in [-0.39, 0.29) is 11.4 Å². The molecule has 0 saturated carbocycles. The van der Waals surface area contributed by atoms with E-state index in [9.17, 15) is 12.8 Å². The predicted octanol–water partition coefficient (Wildman–Crippen LogP) is 1.37. The van der Waals surface area contributed by atoms with Gasteiger partial charge in [0.1, 0.15) is 28.4 Å². The highest BCUT2D eigenvalue weighted by Crippen LogP contribution is 2.28. The van der Waals surface area contributed by atoms with Crippen LogP contribution in [0.4, 0.5) is 4.39 Å². The summed E-state index contributed by atoms with van der Waals surface area (Å²) in [6, 6.07) is 6.18. The van der Waals surface area contributed by atoms with Crippen molar-refractivity contribution in [1.82, 2.24) is 4.31 Å². The van der Waals surface area contributed by atoms with Crippen LogP contribution in [0.3, 0.4) is 0 Å². The highest BCUT2D eigenvalue weighted by atomic mass is 32.2. The standard InChI is InChI=1S/C12H10FN3O2S/c13-11-4-1-5-12(10(11)8-15)19(17,18)16-6-2-3-9(16)7-14/h1,4-5,9H,2-3,6H2. The first-order valence-electron chi connectivity index (χ1n) is 5.62. The quantitative estimate of drug-likeness (QED) is 0.818. The summed E-state index contributed by atoms with van der Waals surface area (Å²) in [5.41, 5.74) is -0.508. The Bertz CT molecular complexity index is 688. The molecule has 5 nitrogen and oxygen atoms in total. The van der Waals surface area contributed by atoms with Gasteiger partial charge in [-0.1, -0.05) is 6.07 Å². The molecule has 1 aliphatic rings. The first-order valence-corrected chi connectivity index (χ1v) is 7.06. The molecule has 1 fully saturated rings. The predicted molar refractivity (Wildman–Crippen MR) is 63.6 cm³/mol. The second-order valence-electron chi connectivity index (χ2n) is 4.13. The summed E-state index contributed by atoms with van der Waals surface area (Å²) in [5.74, 6) is -0.878. The normalized spacial score (nSPS) is 19.8. The van der Waals surface area contributed by atoms with Crippen LogP contribution in [0.5, 0.6) is 0 Å². The van der Waals surface area contributed by atoms with Crippen LogP contribution in [0.1, 0.15) is 18.4 Å². The molecule has 1 aliphatic heterocycles. The SMILES string of the molecule is N#Cc1c(F)cccc1S(=O)(=O)N1CCCC1C#N. The molecule has 0 bridgehead atoms. The van der Waals surface area contributed by atoms with Crippen LogP contribution in [0.25, 0.3) is 0 Å². The van der Waals surface area contributed by atoms with Gasteiger partial charge in [0.05, 0.1) is 6.07 Å². The molecule has 1 aromatic rings. The van der Waals surface area contributed by atoms with E-state index in [0.29, 0.717) is 12.8 Å². The molecule has 0 N–H and O–H groups in total. The Morgan fingerprint density at radius 1 is 1.37 bits per heavy atom. The molecular weight excluding hydrogens is 269 g/mol. The van der Waals surface area contributed by atoms with Crippen molar-refractivity contribution in [2.75, 3.05) is 6.54 Å². The van der Waals surface area contributed by atoms with Crippen molar-refractivity contribution in [2.24, 2.45) is 0 Å². The number of hydrogen-bond donors (Lipinski definition) is 0. The maximum absolute atomic E-state index is 13.5. The number of halogens is 1. The van der Waals surface area contributed by atoms with E-state index in [0.717, 1.165) is 10.4 Å². The lowest BCUT2D eigenvalue weighted by Gasteiger charge is -2.19. The maximum atomic E-state index is 13.5. The summed E-state index contributed by atoms with van der Waals surface area (Å²) in [5, 5.41) is 17.8. The maximum Gasteiger partial charge on any atom is 0.245 e. The van der Waals surface area contributed by atoms with E-state index in [2.05, 4.69) is 0 Å². The van der Waals surface area contributed by atoms with Crippen LogP contribution in [0, 0.1) is 28.5 Å². The molecule has 0 spiro atoms. The van der Waals surface area contributed by atoms with Crippen LogP contribution in [0.2, 0.25) is 0 Å². The molecule has 1 unspecified atom stereocenters. The zero-order valence-corrected chi connectivity index (χ0v) is 10.7. The highest BCUT2D eigenvalue weighted by Gasteiger charge is 2.37. The summed E-state index contributed by atoms with van der Waals surface area (Å²) in [6.45, 7) is 0.210. The van der Waals surface area contributed by atoms with Crippen molar-refractivity contribution in [1.29, 1.82) is 10.5 Å². The van der Waals surface area contributed by atoms with Gasteiger partial charge in [0.25, 0.3) is 0 Å². The highest BCUT2D eigenvalue weighted by molar-refractivity contribution is 7.89. The van der Waals surface area contributed by atoms with Gasteiger partial charge in [-0.05, 0) is 25.0 Å². The molecular formula is C12H10FN3O2S. The van der Waals surface area contributed by atoms with Crippen molar-refractivity contribution in [2.45, 2.75) is 23.8 Å². The second kappa shape index (κ2) is 4.96. The van der Waals surface area contributed by atoms with Gasteiger partial charge in [-0.25, -0.2) is 12.8 Å². The number of sulfonamides is 1. The fourth-order valence-corrected chi connectivity index (χ4v) is 3.87. The van der Waals surface area contributed by atoms with E-state index in [1.807, 2.05) is 6.07 Å². The van der Waals surface area contributed by atoms with E-state index in [1.165, 1.54) is 12.1 Å². The van der Waals surface area contributed by atoms with E-state index in [1.54, 1.807) is 6.07 Å². The van der Waals surface area contributed by atoms with Gasteiger partial charge in [0, 0.05) is 6.54 Å². The first kappa shape index (κ1) is 13.5. The topological polar surface area (TPSA) is 85.0 Å². The van der Waals surface area contributed by atoms with Crippen molar-refractivity contribution >= 4 is 10.0 Å². The minimum atomic E-state index is -4.02. The number of nitriles is 2. The summed E-state index contributed by atoms with van der Waals surface area (Å²) < 4.78 is 39.3. The van der Waals surface area contributed by atoms with Crippen molar-refractivity contribution in [3.05, 3.63) is 29.6 Å². The van der Waals surface area contributed by atoms with Gasteiger partial charge in [0.2, 0.25) is 10.0 Å². The molecule has 1 saturated heterocycles. The minimum absolute atomic E-state index is 0.210. The third-order valence-electron chi connectivity index (χ3n) is 3.03.